The largest absolute Gasteiger partial charge is 0.399 e. The maximum absolute atomic E-state index is 13.0. The standard InChI is InChI=1S/C21H17Cl2N3O2S/c22-15-6-5-14(18(23)11-15)12-26-20-4-2-1-3-19(20)25-21(26)13-29(27,28)17-9-7-16(24)8-10-17/h1-11H,12-13,24H2. The van der Waals surface area contributed by atoms with Crippen molar-refractivity contribution in [1.82, 2.24) is 9.55 Å². The minimum atomic E-state index is -3.60. The summed E-state index contributed by atoms with van der Waals surface area (Å²) in [4.78, 5) is 4.78. The molecule has 0 bridgehead atoms. The Morgan fingerprint density at radius 2 is 1.69 bits per heavy atom. The lowest BCUT2D eigenvalue weighted by Crippen LogP contribution is -2.12. The molecule has 0 radical (unpaired) electrons. The van der Waals surface area contributed by atoms with Crippen molar-refractivity contribution in [3.05, 3.63) is 88.2 Å². The number of benzene rings is 3. The van der Waals surface area contributed by atoms with Crippen LogP contribution in [0.1, 0.15) is 11.4 Å². The van der Waals surface area contributed by atoms with Gasteiger partial charge in [-0.25, -0.2) is 13.4 Å². The van der Waals surface area contributed by atoms with E-state index in [0.717, 1.165) is 16.6 Å². The number of hydrogen-bond donors (Lipinski definition) is 1. The van der Waals surface area contributed by atoms with Gasteiger partial charge in [0.1, 0.15) is 11.6 Å². The first-order valence-electron chi connectivity index (χ1n) is 8.80. The van der Waals surface area contributed by atoms with Gasteiger partial charge in [0.05, 0.1) is 22.5 Å². The Labute approximate surface area is 178 Å². The average Bonchev–Trinajstić information content (AvgIpc) is 3.01. The Balaban J connectivity index is 1.78. The van der Waals surface area contributed by atoms with E-state index in [-0.39, 0.29) is 10.6 Å². The number of rotatable bonds is 5. The van der Waals surface area contributed by atoms with Crippen LogP contribution in [0, 0.1) is 0 Å². The molecular formula is C21H17Cl2N3O2S. The zero-order valence-corrected chi connectivity index (χ0v) is 17.5. The molecule has 1 aromatic heterocycles. The lowest BCUT2D eigenvalue weighted by atomic mass is 10.2. The summed E-state index contributed by atoms with van der Waals surface area (Å²) in [5, 5.41) is 1.06. The van der Waals surface area contributed by atoms with Crippen molar-refractivity contribution in [1.29, 1.82) is 0 Å². The van der Waals surface area contributed by atoms with Crippen LogP contribution in [0.25, 0.3) is 11.0 Å². The first kappa shape index (κ1) is 19.8. The molecule has 4 aromatic rings. The van der Waals surface area contributed by atoms with E-state index in [4.69, 9.17) is 28.9 Å². The van der Waals surface area contributed by atoms with Gasteiger partial charge >= 0.3 is 0 Å². The number of nitrogen functional groups attached to an aromatic ring is 1. The number of nitrogens with zero attached hydrogens (tertiary/aromatic N) is 2. The van der Waals surface area contributed by atoms with Crippen molar-refractivity contribution in [3.63, 3.8) is 0 Å². The number of para-hydroxylation sites is 2. The Morgan fingerprint density at radius 1 is 0.966 bits per heavy atom. The fraction of sp³-hybridized carbons (Fsp3) is 0.0952. The Morgan fingerprint density at radius 3 is 2.41 bits per heavy atom. The van der Waals surface area contributed by atoms with Crippen molar-refractivity contribution < 1.29 is 8.42 Å². The van der Waals surface area contributed by atoms with Crippen LogP contribution in [0.15, 0.2) is 71.6 Å². The van der Waals surface area contributed by atoms with Crippen LogP contribution in [0.4, 0.5) is 5.69 Å². The summed E-state index contributed by atoms with van der Waals surface area (Å²) >= 11 is 12.3. The Bertz CT molecular complexity index is 1300. The smallest absolute Gasteiger partial charge is 0.185 e. The number of hydrogen-bond acceptors (Lipinski definition) is 4. The van der Waals surface area contributed by atoms with Gasteiger partial charge in [0.15, 0.2) is 9.84 Å². The monoisotopic (exact) mass is 445 g/mol. The predicted octanol–water partition coefficient (Wildman–Crippen LogP) is 4.95. The van der Waals surface area contributed by atoms with Crippen LogP contribution in [0.3, 0.4) is 0 Å². The minimum Gasteiger partial charge on any atom is -0.399 e. The number of fused-ring (bicyclic) bond motifs is 1. The molecule has 29 heavy (non-hydrogen) atoms. The number of halogens is 2. The van der Waals surface area contributed by atoms with Gasteiger partial charge in [0, 0.05) is 15.7 Å². The molecule has 5 nitrogen and oxygen atoms in total. The molecule has 0 unspecified atom stereocenters. The number of anilines is 1. The fourth-order valence-corrected chi connectivity index (χ4v) is 4.91. The highest BCUT2D eigenvalue weighted by Crippen LogP contribution is 2.26. The molecule has 0 aliphatic heterocycles. The Kier molecular flexibility index (Phi) is 5.25. The maximum Gasteiger partial charge on any atom is 0.185 e. The summed E-state index contributed by atoms with van der Waals surface area (Å²) < 4.78 is 27.8. The number of nitrogens with two attached hydrogens (primary N) is 1. The summed E-state index contributed by atoms with van der Waals surface area (Å²) in [6.45, 7) is 0.378. The molecule has 0 amide bonds. The van der Waals surface area contributed by atoms with Crippen LogP contribution in [-0.4, -0.2) is 18.0 Å². The van der Waals surface area contributed by atoms with E-state index in [1.54, 1.807) is 24.3 Å². The zero-order valence-electron chi connectivity index (χ0n) is 15.2. The zero-order chi connectivity index (χ0) is 20.6. The lowest BCUT2D eigenvalue weighted by Gasteiger charge is -2.12. The molecule has 2 N–H and O–H groups in total. The third-order valence-electron chi connectivity index (χ3n) is 4.64. The van der Waals surface area contributed by atoms with E-state index in [9.17, 15) is 8.42 Å². The van der Waals surface area contributed by atoms with Gasteiger partial charge < -0.3 is 10.3 Å². The van der Waals surface area contributed by atoms with Crippen LogP contribution < -0.4 is 5.73 Å². The third kappa shape index (κ3) is 4.10. The normalized spacial score (nSPS) is 11.8. The van der Waals surface area contributed by atoms with E-state index in [1.807, 2.05) is 34.9 Å². The molecule has 0 saturated carbocycles. The minimum absolute atomic E-state index is 0.204. The Hall–Kier alpha value is -2.54. The second-order valence-electron chi connectivity index (χ2n) is 6.67. The van der Waals surface area contributed by atoms with Crippen molar-refractivity contribution in [2.24, 2.45) is 0 Å². The summed E-state index contributed by atoms with van der Waals surface area (Å²) in [5.41, 5.74) is 8.56. The van der Waals surface area contributed by atoms with E-state index in [1.165, 1.54) is 12.1 Å². The summed E-state index contributed by atoms with van der Waals surface area (Å²) in [6.07, 6.45) is 0. The maximum atomic E-state index is 13.0. The van der Waals surface area contributed by atoms with Crippen molar-refractivity contribution in [2.75, 3.05) is 5.73 Å². The van der Waals surface area contributed by atoms with Crippen LogP contribution in [-0.2, 0) is 22.1 Å². The van der Waals surface area contributed by atoms with Gasteiger partial charge in [0.25, 0.3) is 0 Å². The average molecular weight is 446 g/mol. The molecule has 0 spiro atoms. The molecule has 0 aliphatic carbocycles. The fourth-order valence-electron chi connectivity index (χ4n) is 3.16. The molecule has 0 saturated heterocycles. The topological polar surface area (TPSA) is 78.0 Å². The van der Waals surface area contributed by atoms with Crippen molar-refractivity contribution in [3.8, 4) is 0 Å². The molecule has 148 valence electrons. The SMILES string of the molecule is Nc1ccc(S(=O)(=O)Cc2nc3ccccc3n2Cc2ccc(Cl)cc2Cl)cc1. The van der Waals surface area contributed by atoms with Gasteiger partial charge in [-0.05, 0) is 54.1 Å². The van der Waals surface area contributed by atoms with Crippen molar-refractivity contribution in [2.45, 2.75) is 17.2 Å². The highest BCUT2D eigenvalue weighted by atomic mass is 35.5. The van der Waals surface area contributed by atoms with E-state index >= 15 is 0 Å². The van der Waals surface area contributed by atoms with Crippen LogP contribution in [0.5, 0.6) is 0 Å². The van der Waals surface area contributed by atoms with E-state index in [0.29, 0.717) is 28.1 Å². The number of imidazole rings is 1. The molecule has 8 heteroatoms. The van der Waals surface area contributed by atoms with Gasteiger partial charge in [0.2, 0.25) is 0 Å². The summed E-state index contributed by atoms with van der Waals surface area (Å²) in [7, 11) is -3.60. The van der Waals surface area contributed by atoms with Gasteiger partial charge in [-0.15, -0.1) is 0 Å². The van der Waals surface area contributed by atoms with Gasteiger partial charge in [-0.3, -0.25) is 0 Å². The molecule has 1 heterocycles. The molecule has 0 fully saturated rings. The molecular weight excluding hydrogens is 429 g/mol. The highest BCUT2D eigenvalue weighted by Gasteiger charge is 2.21. The molecule has 0 aliphatic rings. The molecule has 3 aromatic carbocycles. The second kappa shape index (κ2) is 7.71. The lowest BCUT2D eigenvalue weighted by molar-refractivity contribution is 0.592. The van der Waals surface area contributed by atoms with Crippen LogP contribution in [0.2, 0.25) is 10.0 Å². The first-order chi connectivity index (χ1) is 13.8. The third-order valence-corrected chi connectivity index (χ3v) is 6.85. The van der Waals surface area contributed by atoms with Gasteiger partial charge in [-0.2, -0.15) is 0 Å². The highest BCUT2D eigenvalue weighted by molar-refractivity contribution is 7.90. The first-order valence-corrected chi connectivity index (χ1v) is 11.2. The summed E-state index contributed by atoms with van der Waals surface area (Å²) in [5.74, 6) is 0.200. The van der Waals surface area contributed by atoms with Gasteiger partial charge in [-0.1, -0.05) is 41.4 Å². The van der Waals surface area contributed by atoms with E-state index in [2.05, 4.69) is 4.98 Å². The second-order valence-corrected chi connectivity index (χ2v) is 9.50. The summed E-state index contributed by atoms with van der Waals surface area (Å²) in [6, 6.07) is 18.9. The van der Waals surface area contributed by atoms with E-state index < -0.39 is 9.84 Å². The number of sulfone groups is 1. The van der Waals surface area contributed by atoms with Crippen LogP contribution >= 0.6 is 23.2 Å². The molecule has 4 rings (SSSR count). The predicted molar refractivity (Wildman–Crippen MR) is 117 cm³/mol. The molecule has 0 atom stereocenters. The number of aromatic nitrogens is 2. The quantitative estimate of drug-likeness (QED) is 0.440. The van der Waals surface area contributed by atoms with Crippen molar-refractivity contribution >= 4 is 49.8 Å².